The molecule has 0 aliphatic carbocycles. The Morgan fingerprint density at radius 3 is 3.21 bits per heavy atom. The molecular weight excluding hydrogens is 262 g/mol. The molecule has 0 fully saturated rings. The summed E-state index contributed by atoms with van der Waals surface area (Å²) in [6, 6.07) is 3.94. The lowest BCUT2D eigenvalue weighted by Gasteiger charge is -1.93. The maximum absolute atomic E-state index is 11.3. The summed E-state index contributed by atoms with van der Waals surface area (Å²) in [5.41, 5.74) is 1.76. The van der Waals surface area contributed by atoms with Gasteiger partial charge >= 0.3 is 0 Å². The molecule has 5 nitrogen and oxygen atoms in total. The van der Waals surface area contributed by atoms with E-state index in [0.29, 0.717) is 18.1 Å². The van der Waals surface area contributed by atoms with Crippen LogP contribution >= 0.6 is 11.3 Å². The molecule has 0 atom stereocenters. The van der Waals surface area contributed by atoms with Crippen LogP contribution in [0.4, 0.5) is 0 Å². The molecule has 0 spiro atoms. The topological polar surface area (TPSA) is 68.9 Å². The Hall–Kier alpha value is -2.08. The Morgan fingerprint density at radius 1 is 1.47 bits per heavy atom. The molecule has 0 radical (unpaired) electrons. The van der Waals surface area contributed by atoms with Gasteiger partial charge in [-0.3, -0.25) is 9.78 Å². The van der Waals surface area contributed by atoms with Gasteiger partial charge in [0.1, 0.15) is 5.78 Å². The summed E-state index contributed by atoms with van der Waals surface area (Å²) in [4.78, 5) is 19.9. The zero-order valence-corrected chi connectivity index (χ0v) is 11.1. The molecule has 0 aliphatic rings. The van der Waals surface area contributed by atoms with Crippen LogP contribution in [0.5, 0.6) is 0 Å². The molecular formula is C13H11N3O2S. The van der Waals surface area contributed by atoms with Gasteiger partial charge in [-0.05, 0) is 17.5 Å². The van der Waals surface area contributed by atoms with Crippen molar-refractivity contribution >= 4 is 27.3 Å². The molecule has 3 heterocycles. The fourth-order valence-corrected chi connectivity index (χ4v) is 2.49. The van der Waals surface area contributed by atoms with Crippen molar-refractivity contribution in [1.82, 2.24) is 15.1 Å². The van der Waals surface area contributed by atoms with Gasteiger partial charge in [-0.25, -0.2) is 0 Å². The lowest BCUT2D eigenvalue weighted by atomic mass is 10.2. The Morgan fingerprint density at radius 2 is 2.37 bits per heavy atom. The van der Waals surface area contributed by atoms with Crippen LogP contribution < -0.4 is 0 Å². The molecule has 0 aromatic carbocycles. The first kappa shape index (κ1) is 12.0. The lowest BCUT2D eigenvalue weighted by Crippen LogP contribution is -2.00. The van der Waals surface area contributed by atoms with E-state index in [0.717, 1.165) is 15.8 Å². The first-order valence-corrected chi connectivity index (χ1v) is 6.82. The summed E-state index contributed by atoms with van der Waals surface area (Å²) in [5, 5.41) is 5.88. The largest absolute Gasteiger partial charge is 0.338 e. The molecule has 3 rings (SSSR count). The highest BCUT2D eigenvalue weighted by molar-refractivity contribution is 7.17. The SMILES string of the molecule is CCC(=O)Cc1nc(-c2cnc3ccsc3c2)no1. The number of nitrogens with zero attached hydrogens (tertiary/aromatic N) is 3. The summed E-state index contributed by atoms with van der Waals surface area (Å²) in [5.74, 6) is 0.914. The highest BCUT2D eigenvalue weighted by atomic mass is 32.1. The summed E-state index contributed by atoms with van der Waals surface area (Å²) in [6.45, 7) is 1.81. The van der Waals surface area contributed by atoms with Gasteiger partial charge in [0.05, 0.1) is 16.6 Å². The standard InChI is InChI=1S/C13H11N3O2S/c1-2-9(17)6-12-15-13(16-18-12)8-5-11-10(14-7-8)3-4-19-11/h3-5,7H,2,6H2,1H3. The van der Waals surface area contributed by atoms with Gasteiger partial charge in [-0.15, -0.1) is 11.3 Å². The van der Waals surface area contributed by atoms with E-state index in [9.17, 15) is 4.79 Å². The molecule has 0 amide bonds. The van der Waals surface area contributed by atoms with Crippen molar-refractivity contribution in [3.8, 4) is 11.4 Å². The van der Waals surface area contributed by atoms with Crippen LogP contribution in [-0.2, 0) is 11.2 Å². The van der Waals surface area contributed by atoms with Crippen LogP contribution in [-0.4, -0.2) is 20.9 Å². The van der Waals surface area contributed by atoms with Crippen LogP contribution in [0.2, 0.25) is 0 Å². The van der Waals surface area contributed by atoms with Gasteiger partial charge in [-0.2, -0.15) is 4.98 Å². The van der Waals surface area contributed by atoms with Crippen LogP contribution in [0.3, 0.4) is 0 Å². The van der Waals surface area contributed by atoms with Crippen molar-refractivity contribution in [1.29, 1.82) is 0 Å². The number of aromatic nitrogens is 3. The Kier molecular flexibility index (Phi) is 3.08. The van der Waals surface area contributed by atoms with Gasteiger partial charge in [0.15, 0.2) is 0 Å². The minimum absolute atomic E-state index is 0.0852. The minimum atomic E-state index is 0.0852. The molecule has 0 bridgehead atoms. The number of pyridine rings is 1. The molecule has 0 unspecified atom stereocenters. The Balaban J connectivity index is 1.91. The molecule has 6 heteroatoms. The number of thiophene rings is 1. The summed E-state index contributed by atoms with van der Waals surface area (Å²) >= 11 is 1.61. The van der Waals surface area contributed by atoms with E-state index in [1.54, 1.807) is 17.5 Å². The Bertz CT molecular complexity index is 732. The third-order valence-corrected chi connectivity index (χ3v) is 3.62. The predicted octanol–water partition coefficient (Wildman–Crippen LogP) is 2.87. The van der Waals surface area contributed by atoms with Crippen molar-refractivity contribution in [3.05, 3.63) is 29.6 Å². The summed E-state index contributed by atoms with van der Waals surface area (Å²) in [7, 11) is 0. The maximum atomic E-state index is 11.3. The second-order valence-electron chi connectivity index (χ2n) is 4.11. The fourth-order valence-electron chi connectivity index (χ4n) is 1.71. The molecule has 3 aromatic rings. The lowest BCUT2D eigenvalue weighted by molar-refractivity contribution is -0.118. The highest BCUT2D eigenvalue weighted by Gasteiger charge is 2.12. The zero-order valence-electron chi connectivity index (χ0n) is 10.3. The monoisotopic (exact) mass is 273 g/mol. The zero-order chi connectivity index (χ0) is 13.2. The summed E-state index contributed by atoms with van der Waals surface area (Å²) < 4.78 is 6.16. The number of carbonyl (C=O) groups excluding carboxylic acids is 1. The van der Waals surface area contributed by atoms with E-state index < -0.39 is 0 Å². The van der Waals surface area contributed by atoms with Gasteiger partial charge < -0.3 is 4.52 Å². The van der Waals surface area contributed by atoms with Crippen LogP contribution in [0.1, 0.15) is 19.2 Å². The van der Waals surface area contributed by atoms with Gasteiger partial charge in [0, 0.05) is 18.2 Å². The van der Waals surface area contributed by atoms with E-state index in [2.05, 4.69) is 15.1 Å². The number of ketones is 1. The van der Waals surface area contributed by atoms with E-state index >= 15 is 0 Å². The number of hydrogen-bond acceptors (Lipinski definition) is 6. The minimum Gasteiger partial charge on any atom is -0.338 e. The van der Waals surface area contributed by atoms with Crippen LogP contribution in [0.15, 0.2) is 28.2 Å². The van der Waals surface area contributed by atoms with Crippen molar-refractivity contribution in [3.63, 3.8) is 0 Å². The van der Waals surface area contributed by atoms with Crippen molar-refractivity contribution in [2.75, 3.05) is 0 Å². The van der Waals surface area contributed by atoms with E-state index in [-0.39, 0.29) is 12.2 Å². The molecule has 0 saturated carbocycles. The fraction of sp³-hybridized carbons (Fsp3) is 0.231. The van der Waals surface area contributed by atoms with E-state index in [1.165, 1.54) is 0 Å². The first-order chi connectivity index (χ1) is 9.26. The van der Waals surface area contributed by atoms with Crippen molar-refractivity contribution in [2.45, 2.75) is 19.8 Å². The highest BCUT2D eigenvalue weighted by Crippen LogP contribution is 2.24. The third kappa shape index (κ3) is 2.39. The normalized spacial score (nSPS) is 11.0. The first-order valence-electron chi connectivity index (χ1n) is 5.94. The number of rotatable bonds is 4. The van der Waals surface area contributed by atoms with Crippen LogP contribution in [0.25, 0.3) is 21.6 Å². The number of carbonyl (C=O) groups is 1. The van der Waals surface area contributed by atoms with E-state index in [1.807, 2.05) is 24.4 Å². The molecule has 0 aliphatic heterocycles. The second kappa shape index (κ2) is 4.89. The molecule has 19 heavy (non-hydrogen) atoms. The van der Waals surface area contributed by atoms with E-state index in [4.69, 9.17) is 4.52 Å². The number of fused-ring (bicyclic) bond motifs is 1. The number of hydrogen-bond donors (Lipinski definition) is 0. The number of Topliss-reactive ketones (excluding diaryl/α,β-unsaturated/α-hetero) is 1. The molecule has 0 saturated heterocycles. The smallest absolute Gasteiger partial charge is 0.234 e. The van der Waals surface area contributed by atoms with Crippen molar-refractivity contribution in [2.24, 2.45) is 0 Å². The van der Waals surface area contributed by atoms with Gasteiger partial charge in [0.2, 0.25) is 11.7 Å². The quantitative estimate of drug-likeness (QED) is 0.731. The average molecular weight is 273 g/mol. The second-order valence-corrected chi connectivity index (χ2v) is 5.06. The third-order valence-electron chi connectivity index (χ3n) is 2.77. The summed E-state index contributed by atoms with van der Waals surface area (Å²) in [6.07, 6.45) is 2.38. The van der Waals surface area contributed by atoms with Crippen molar-refractivity contribution < 1.29 is 9.32 Å². The molecule has 3 aromatic heterocycles. The van der Waals surface area contributed by atoms with Crippen LogP contribution in [0, 0.1) is 0 Å². The van der Waals surface area contributed by atoms with Gasteiger partial charge in [-0.1, -0.05) is 12.1 Å². The predicted molar refractivity (Wildman–Crippen MR) is 71.9 cm³/mol. The molecule has 96 valence electrons. The molecule has 0 N–H and O–H groups in total. The Labute approximate surface area is 113 Å². The average Bonchev–Trinajstić information content (AvgIpc) is 3.05. The maximum Gasteiger partial charge on any atom is 0.234 e. The van der Waals surface area contributed by atoms with Gasteiger partial charge in [0.25, 0.3) is 0 Å².